The first-order valence-corrected chi connectivity index (χ1v) is 7.50. The molecule has 0 radical (unpaired) electrons. The maximum absolute atomic E-state index is 14.5. The maximum atomic E-state index is 14.5. The predicted molar refractivity (Wildman–Crippen MR) is 84.2 cm³/mol. The molecule has 0 N–H and O–H groups in total. The van der Waals surface area contributed by atoms with Crippen molar-refractivity contribution in [3.05, 3.63) is 42.2 Å². The molecule has 0 bridgehead atoms. The van der Waals surface area contributed by atoms with Gasteiger partial charge >= 0.3 is 13.1 Å². The van der Waals surface area contributed by atoms with Crippen LogP contribution in [0.15, 0.2) is 30.6 Å². The van der Waals surface area contributed by atoms with E-state index in [4.69, 9.17) is 14.0 Å². The lowest BCUT2D eigenvalue weighted by Crippen LogP contribution is -2.41. The predicted octanol–water partition coefficient (Wildman–Crippen LogP) is 2.85. The monoisotopic (exact) mass is 334 g/mol. The van der Waals surface area contributed by atoms with E-state index in [1.54, 1.807) is 6.07 Å². The summed E-state index contributed by atoms with van der Waals surface area (Å²) < 4.78 is 45.5. The zero-order chi connectivity index (χ0) is 17.5. The Morgan fingerprint density at radius 1 is 0.958 bits per heavy atom. The fourth-order valence-corrected chi connectivity index (χ4v) is 2.21. The van der Waals surface area contributed by atoms with Crippen molar-refractivity contribution in [2.75, 3.05) is 0 Å². The minimum atomic E-state index is -1.14. The summed E-state index contributed by atoms with van der Waals surface area (Å²) >= 11 is 0. The number of halogens is 2. The first kappa shape index (κ1) is 16.8. The summed E-state index contributed by atoms with van der Waals surface area (Å²) in [5.41, 5.74) is -1.31. The van der Waals surface area contributed by atoms with Gasteiger partial charge in [0.1, 0.15) is 0 Å². The number of benzene rings is 1. The minimum absolute atomic E-state index is 0.0209. The topological polar surface area (TPSA) is 53.5 Å². The lowest BCUT2D eigenvalue weighted by Gasteiger charge is -2.32. The van der Waals surface area contributed by atoms with Crippen LogP contribution in [-0.2, 0) is 9.31 Å². The second-order valence-electron chi connectivity index (χ2n) is 6.50. The number of hydrogen-bond donors (Lipinski definition) is 0. The van der Waals surface area contributed by atoms with E-state index in [9.17, 15) is 8.78 Å². The van der Waals surface area contributed by atoms with E-state index < -0.39 is 30.0 Å². The molecule has 8 heteroatoms. The van der Waals surface area contributed by atoms with Crippen LogP contribution < -0.4 is 10.2 Å². The molecule has 0 saturated carbocycles. The molecule has 0 amide bonds. The van der Waals surface area contributed by atoms with E-state index in [1.807, 2.05) is 27.7 Å². The van der Waals surface area contributed by atoms with Crippen LogP contribution in [-0.4, -0.2) is 28.3 Å². The normalized spacial score (nSPS) is 18.7. The zero-order valence-electron chi connectivity index (χ0n) is 13.8. The fourth-order valence-electron chi connectivity index (χ4n) is 2.21. The van der Waals surface area contributed by atoms with E-state index in [0.717, 1.165) is 0 Å². The van der Waals surface area contributed by atoms with E-state index in [1.165, 1.54) is 24.5 Å². The number of aromatic nitrogens is 2. The van der Waals surface area contributed by atoms with Gasteiger partial charge < -0.3 is 14.0 Å². The molecule has 1 aromatic heterocycles. The summed E-state index contributed by atoms with van der Waals surface area (Å²) in [6.45, 7) is 7.36. The minimum Gasteiger partial charge on any atom is -0.421 e. The van der Waals surface area contributed by atoms with Gasteiger partial charge in [-0.3, -0.25) is 0 Å². The van der Waals surface area contributed by atoms with Crippen molar-refractivity contribution in [3.63, 3.8) is 0 Å². The van der Waals surface area contributed by atoms with Crippen molar-refractivity contribution in [1.82, 2.24) is 9.97 Å². The molecule has 0 aliphatic carbocycles. The summed E-state index contributed by atoms with van der Waals surface area (Å²) in [7, 11) is -0.994. The number of hydrogen-bond acceptors (Lipinski definition) is 5. The third kappa shape index (κ3) is 2.87. The lowest BCUT2D eigenvalue weighted by molar-refractivity contribution is 0.00578. The molecule has 1 aliphatic rings. The van der Waals surface area contributed by atoms with Crippen molar-refractivity contribution in [1.29, 1.82) is 0 Å². The van der Waals surface area contributed by atoms with Gasteiger partial charge in [0.2, 0.25) is 5.82 Å². The average Bonchev–Trinajstić information content (AvgIpc) is 2.73. The average molecular weight is 334 g/mol. The van der Waals surface area contributed by atoms with Crippen molar-refractivity contribution in [2.24, 2.45) is 0 Å². The number of ether oxygens (including phenoxy) is 1. The Bertz CT molecular complexity index is 740. The van der Waals surface area contributed by atoms with Crippen molar-refractivity contribution in [2.45, 2.75) is 38.9 Å². The lowest BCUT2D eigenvalue weighted by atomic mass is 9.78. The van der Waals surface area contributed by atoms with Crippen LogP contribution in [0.3, 0.4) is 0 Å². The van der Waals surface area contributed by atoms with Crippen molar-refractivity contribution in [3.8, 4) is 11.8 Å². The molecule has 0 atom stereocenters. The molecule has 1 fully saturated rings. The summed E-state index contributed by atoms with van der Waals surface area (Å²) in [5, 5.41) is 0. The van der Waals surface area contributed by atoms with E-state index >= 15 is 0 Å². The molecular weight excluding hydrogens is 317 g/mol. The Labute approximate surface area is 139 Å². The van der Waals surface area contributed by atoms with Crippen LogP contribution >= 0.6 is 0 Å². The standard InChI is InChI=1S/C16H17BF2N2O3/c1-15(2)16(3,4)24-17(23-15)10-6-7-11(13(19)12(10)18)22-14-20-8-5-9-21-14/h5-9H,1-4H3. The van der Waals surface area contributed by atoms with Crippen LogP contribution in [0, 0.1) is 11.6 Å². The summed E-state index contributed by atoms with van der Waals surface area (Å²) in [6.07, 6.45) is 2.88. The van der Waals surface area contributed by atoms with Crippen LogP contribution in [0.1, 0.15) is 27.7 Å². The Morgan fingerprint density at radius 3 is 2.12 bits per heavy atom. The van der Waals surface area contributed by atoms with Crippen LogP contribution in [0.4, 0.5) is 8.78 Å². The van der Waals surface area contributed by atoms with Gasteiger partial charge in [-0.15, -0.1) is 0 Å². The molecule has 24 heavy (non-hydrogen) atoms. The highest BCUT2D eigenvalue weighted by molar-refractivity contribution is 6.62. The zero-order valence-corrected chi connectivity index (χ0v) is 13.8. The first-order valence-electron chi connectivity index (χ1n) is 7.50. The van der Waals surface area contributed by atoms with Gasteiger partial charge in [0.05, 0.1) is 11.2 Å². The molecule has 0 spiro atoms. The molecule has 3 rings (SSSR count). The van der Waals surface area contributed by atoms with Gasteiger partial charge in [-0.05, 0) is 39.8 Å². The largest absolute Gasteiger partial charge is 0.497 e. The number of rotatable bonds is 3. The highest BCUT2D eigenvalue weighted by atomic mass is 19.2. The Kier molecular flexibility index (Phi) is 4.05. The Hall–Kier alpha value is -2.06. The van der Waals surface area contributed by atoms with Gasteiger partial charge in [-0.1, -0.05) is 6.07 Å². The second-order valence-corrected chi connectivity index (χ2v) is 6.50. The third-order valence-corrected chi connectivity index (χ3v) is 4.33. The fraction of sp³-hybridized carbons (Fsp3) is 0.375. The van der Waals surface area contributed by atoms with Crippen LogP contribution in [0.5, 0.6) is 11.8 Å². The first-order chi connectivity index (χ1) is 11.2. The van der Waals surface area contributed by atoms with Crippen LogP contribution in [0.2, 0.25) is 0 Å². The molecule has 2 aromatic rings. The highest BCUT2D eigenvalue weighted by Gasteiger charge is 2.52. The third-order valence-electron chi connectivity index (χ3n) is 4.33. The summed E-state index contributed by atoms with van der Waals surface area (Å²) in [4.78, 5) is 7.62. The quantitative estimate of drug-likeness (QED) is 0.808. The van der Waals surface area contributed by atoms with Gasteiger partial charge in [0.15, 0.2) is 11.6 Å². The van der Waals surface area contributed by atoms with Gasteiger partial charge in [-0.25, -0.2) is 14.4 Å². The van der Waals surface area contributed by atoms with Gasteiger partial charge in [0, 0.05) is 17.9 Å². The van der Waals surface area contributed by atoms with E-state index in [-0.39, 0.29) is 17.2 Å². The van der Waals surface area contributed by atoms with E-state index in [2.05, 4.69) is 9.97 Å². The molecule has 1 aliphatic heterocycles. The maximum Gasteiger partial charge on any atom is 0.497 e. The molecule has 1 saturated heterocycles. The summed E-state index contributed by atoms with van der Waals surface area (Å²) in [6, 6.07) is 4.19. The molecule has 126 valence electrons. The molecular formula is C16H17BF2N2O3. The molecule has 0 unspecified atom stereocenters. The van der Waals surface area contributed by atoms with Gasteiger partial charge in [0.25, 0.3) is 0 Å². The van der Waals surface area contributed by atoms with E-state index in [0.29, 0.717) is 0 Å². The number of nitrogens with zero attached hydrogens (tertiary/aromatic N) is 2. The molecule has 5 nitrogen and oxygen atoms in total. The smallest absolute Gasteiger partial charge is 0.421 e. The van der Waals surface area contributed by atoms with Crippen molar-refractivity contribution < 1.29 is 22.8 Å². The highest BCUT2D eigenvalue weighted by Crippen LogP contribution is 2.37. The second kappa shape index (κ2) is 5.79. The molecule has 2 heterocycles. The Balaban J connectivity index is 1.89. The SMILES string of the molecule is CC1(C)OB(c2ccc(Oc3ncccn3)c(F)c2F)OC1(C)C. The van der Waals surface area contributed by atoms with Crippen LogP contribution in [0.25, 0.3) is 0 Å². The molecule has 1 aromatic carbocycles. The van der Waals surface area contributed by atoms with Gasteiger partial charge in [-0.2, -0.15) is 4.39 Å². The summed E-state index contributed by atoms with van der Waals surface area (Å²) in [5.74, 6) is -2.53. The Morgan fingerprint density at radius 2 is 1.54 bits per heavy atom. The van der Waals surface area contributed by atoms with Crippen molar-refractivity contribution >= 4 is 12.6 Å².